The molecule has 0 unspecified atom stereocenters. The quantitative estimate of drug-likeness (QED) is 0.706. The van der Waals surface area contributed by atoms with Crippen LogP contribution in [0, 0.1) is 25.2 Å². The number of hydrogen-bond acceptors (Lipinski definition) is 4. The lowest BCUT2D eigenvalue weighted by Crippen LogP contribution is -2.40. The standard InChI is InChI=1S/C21H25N3O2S2/c1-4-9-24-17-8-7-15(2)11-18(17)28-21(24)22-19(25)13-27-14-20(26)23-10-5-6-16(3)12-23/h1,7-8,11,16H,5-6,9-10,12-14H2,2-3H3/t16-/m1/s1. The Bertz CT molecular complexity index is 984. The average molecular weight is 416 g/mol. The van der Waals surface area contributed by atoms with Gasteiger partial charge in [-0.2, -0.15) is 4.99 Å². The molecule has 5 nitrogen and oxygen atoms in total. The normalized spacial score (nSPS) is 17.7. The molecule has 1 aromatic heterocycles. The molecule has 148 valence electrons. The number of rotatable bonds is 5. The van der Waals surface area contributed by atoms with Gasteiger partial charge in [0.05, 0.1) is 28.3 Å². The maximum Gasteiger partial charge on any atom is 0.258 e. The fourth-order valence-corrected chi connectivity index (χ4v) is 5.22. The van der Waals surface area contributed by atoms with Crippen molar-refractivity contribution >= 4 is 45.1 Å². The fraction of sp³-hybridized carbons (Fsp3) is 0.476. The predicted molar refractivity (Wildman–Crippen MR) is 116 cm³/mol. The van der Waals surface area contributed by atoms with Gasteiger partial charge in [-0.25, -0.2) is 0 Å². The fourth-order valence-electron chi connectivity index (χ4n) is 3.38. The summed E-state index contributed by atoms with van der Waals surface area (Å²) in [6.45, 7) is 6.23. The number of benzene rings is 1. The van der Waals surface area contributed by atoms with E-state index in [9.17, 15) is 9.59 Å². The summed E-state index contributed by atoms with van der Waals surface area (Å²) in [7, 11) is 0. The predicted octanol–water partition coefficient (Wildman–Crippen LogP) is 3.06. The van der Waals surface area contributed by atoms with Gasteiger partial charge in [0, 0.05) is 13.1 Å². The van der Waals surface area contributed by atoms with Crippen molar-refractivity contribution in [1.29, 1.82) is 0 Å². The van der Waals surface area contributed by atoms with Crippen molar-refractivity contribution in [2.24, 2.45) is 10.9 Å². The molecule has 1 atom stereocenters. The molecule has 0 bridgehead atoms. The van der Waals surface area contributed by atoms with Gasteiger partial charge in [-0.15, -0.1) is 18.2 Å². The van der Waals surface area contributed by atoms with Crippen LogP contribution in [0.5, 0.6) is 0 Å². The monoisotopic (exact) mass is 415 g/mol. The van der Waals surface area contributed by atoms with E-state index in [1.807, 2.05) is 28.5 Å². The second kappa shape index (κ2) is 9.44. The van der Waals surface area contributed by atoms with Gasteiger partial charge in [0.2, 0.25) is 5.91 Å². The number of amides is 2. The SMILES string of the molecule is C#CCn1c(=NC(=O)CSCC(=O)N2CCC[C@@H](C)C2)sc2cc(C)ccc21. The van der Waals surface area contributed by atoms with Crippen LogP contribution in [0.3, 0.4) is 0 Å². The van der Waals surface area contributed by atoms with Gasteiger partial charge in [-0.05, 0) is 43.4 Å². The Morgan fingerprint density at radius 2 is 2.21 bits per heavy atom. The van der Waals surface area contributed by atoms with Gasteiger partial charge in [-0.3, -0.25) is 9.59 Å². The zero-order valence-corrected chi connectivity index (χ0v) is 17.9. The van der Waals surface area contributed by atoms with Gasteiger partial charge in [0.15, 0.2) is 4.80 Å². The summed E-state index contributed by atoms with van der Waals surface area (Å²) in [6.07, 6.45) is 7.74. The van der Waals surface area contributed by atoms with Crippen molar-refractivity contribution in [3.63, 3.8) is 0 Å². The highest BCUT2D eigenvalue weighted by molar-refractivity contribution is 8.00. The molecule has 0 saturated carbocycles. The van der Waals surface area contributed by atoms with Gasteiger partial charge >= 0.3 is 0 Å². The highest BCUT2D eigenvalue weighted by Crippen LogP contribution is 2.19. The molecular weight excluding hydrogens is 390 g/mol. The van der Waals surface area contributed by atoms with Gasteiger partial charge in [0.25, 0.3) is 5.91 Å². The maximum atomic E-state index is 12.4. The highest BCUT2D eigenvalue weighted by atomic mass is 32.2. The van der Waals surface area contributed by atoms with Gasteiger partial charge < -0.3 is 9.47 Å². The number of carbonyl (C=O) groups is 2. The van der Waals surface area contributed by atoms with Crippen LogP contribution in [0.1, 0.15) is 25.3 Å². The van der Waals surface area contributed by atoms with E-state index in [1.165, 1.54) is 29.5 Å². The zero-order valence-electron chi connectivity index (χ0n) is 16.3. The molecule has 1 fully saturated rings. The van der Waals surface area contributed by atoms with Gasteiger partial charge in [0.1, 0.15) is 0 Å². The summed E-state index contributed by atoms with van der Waals surface area (Å²) < 4.78 is 2.95. The van der Waals surface area contributed by atoms with Crippen molar-refractivity contribution in [2.75, 3.05) is 24.6 Å². The highest BCUT2D eigenvalue weighted by Gasteiger charge is 2.20. The molecule has 1 aliphatic rings. The summed E-state index contributed by atoms with van der Waals surface area (Å²) in [5.74, 6) is 3.58. The number of aryl methyl sites for hydroxylation is 1. The van der Waals surface area contributed by atoms with Crippen LogP contribution in [0.15, 0.2) is 23.2 Å². The summed E-state index contributed by atoms with van der Waals surface area (Å²) in [5.41, 5.74) is 2.14. The third-order valence-electron chi connectivity index (χ3n) is 4.77. The second-order valence-electron chi connectivity index (χ2n) is 7.23. The van der Waals surface area contributed by atoms with E-state index in [4.69, 9.17) is 6.42 Å². The van der Waals surface area contributed by atoms with E-state index in [2.05, 4.69) is 23.9 Å². The van der Waals surface area contributed by atoms with Crippen LogP contribution in [0.2, 0.25) is 0 Å². The van der Waals surface area contributed by atoms with Crippen molar-refractivity contribution in [2.45, 2.75) is 33.2 Å². The third kappa shape index (κ3) is 5.06. The molecule has 3 rings (SSSR count). The molecular formula is C21H25N3O2S2. The summed E-state index contributed by atoms with van der Waals surface area (Å²) in [4.78, 5) is 31.5. The van der Waals surface area contributed by atoms with Gasteiger partial charge in [-0.1, -0.05) is 30.2 Å². The molecule has 2 heterocycles. The number of terminal acetylenes is 1. The Balaban J connectivity index is 1.65. The van der Waals surface area contributed by atoms with Crippen molar-refractivity contribution in [1.82, 2.24) is 9.47 Å². The number of likely N-dealkylation sites (tertiary alicyclic amines) is 1. The van der Waals surface area contributed by atoms with E-state index < -0.39 is 0 Å². The van der Waals surface area contributed by atoms with Crippen molar-refractivity contribution in [3.8, 4) is 12.3 Å². The minimum atomic E-state index is -0.237. The molecule has 28 heavy (non-hydrogen) atoms. The molecule has 1 aliphatic heterocycles. The molecule has 0 N–H and O–H groups in total. The Hall–Kier alpha value is -2.04. The third-order valence-corrected chi connectivity index (χ3v) is 6.71. The molecule has 7 heteroatoms. The smallest absolute Gasteiger partial charge is 0.258 e. The van der Waals surface area contributed by atoms with E-state index in [0.29, 0.717) is 23.0 Å². The number of nitrogens with zero attached hydrogens (tertiary/aromatic N) is 3. The van der Waals surface area contributed by atoms with Crippen molar-refractivity contribution < 1.29 is 9.59 Å². The number of fused-ring (bicyclic) bond motifs is 1. The van der Waals surface area contributed by atoms with Crippen LogP contribution in [-0.4, -0.2) is 45.9 Å². The molecule has 0 aliphatic carbocycles. The number of hydrogen-bond donors (Lipinski definition) is 0. The van der Waals surface area contributed by atoms with E-state index >= 15 is 0 Å². The largest absolute Gasteiger partial charge is 0.342 e. The van der Waals surface area contributed by atoms with E-state index in [-0.39, 0.29) is 17.6 Å². The van der Waals surface area contributed by atoms with Crippen LogP contribution in [-0.2, 0) is 16.1 Å². The number of aromatic nitrogens is 1. The topological polar surface area (TPSA) is 54.7 Å². The molecule has 2 aromatic rings. The lowest BCUT2D eigenvalue weighted by Gasteiger charge is -2.30. The number of carbonyl (C=O) groups excluding carboxylic acids is 2. The first-order valence-corrected chi connectivity index (χ1v) is 11.4. The lowest BCUT2D eigenvalue weighted by molar-refractivity contribution is -0.130. The molecule has 2 amide bonds. The lowest BCUT2D eigenvalue weighted by atomic mass is 10.0. The number of thiazole rings is 1. The van der Waals surface area contributed by atoms with Crippen molar-refractivity contribution in [3.05, 3.63) is 28.6 Å². The summed E-state index contributed by atoms with van der Waals surface area (Å²) in [6, 6.07) is 6.11. The Labute approximate surface area is 173 Å². The molecule has 0 radical (unpaired) electrons. The minimum absolute atomic E-state index is 0.115. The zero-order chi connectivity index (χ0) is 20.1. The molecule has 1 saturated heterocycles. The molecule has 1 aromatic carbocycles. The Kier molecular flexibility index (Phi) is 6.97. The average Bonchev–Trinajstić information content (AvgIpc) is 2.98. The number of thioether (sulfide) groups is 1. The maximum absolute atomic E-state index is 12.4. The van der Waals surface area contributed by atoms with E-state index in [0.717, 1.165) is 35.3 Å². The van der Waals surface area contributed by atoms with Crippen LogP contribution in [0.25, 0.3) is 10.2 Å². The second-order valence-corrected chi connectivity index (χ2v) is 9.23. The summed E-state index contributed by atoms with van der Waals surface area (Å²) in [5, 5.41) is 0. The number of piperidine rings is 1. The van der Waals surface area contributed by atoms with Crippen LogP contribution in [0.4, 0.5) is 0 Å². The first-order chi connectivity index (χ1) is 13.5. The molecule has 0 spiro atoms. The Morgan fingerprint density at radius 3 is 2.96 bits per heavy atom. The van der Waals surface area contributed by atoms with Crippen LogP contribution >= 0.6 is 23.1 Å². The first-order valence-electron chi connectivity index (χ1n) is 9.44. The minimum Gasteiger partial charge on any atom is -0.342 e. The first kappa shape index (κ1) is 20.7. The van der Waals surface area contributed by atoms with Crippen LogP contribution < -0.4 is 4.80 Å². The Morgan fingerprint density at radius 1 is 1.39 bits per heavy atom. The summed E-state index contributed by atoms with van der Waals surface area (Å²) >= 11 is 2.80. The van der Waals surface area contributed by atoms with E-state index in [1.54, 1.807) is 0 Å².